The van der Waals surface area contributed by atoms with Gasteiger partial charge in [-0.05, 0) is 19.4 Å². The predicted octanol–water partition coefficient (Wildman–Crippen LogP) is -2.96. The number of rotatable bonds is 5. The molecule has 2 heterocycles. The Balaban J connectivity index is 2.35. The minimum Gasteiger partial charge on any atom is -0.394 e. The van der Waals surface area contributed by atoms with Crippen molar-refractivity contribution >= 4 is 0 Å². The topological polar surface area (TPSA) is 151 Å². The number of H-pyrrole nitrogens is 1. The Morgan fingerprint density at radius 3 is 2.62 bits per heavy atom. The highest BCUT2D eigenvalue weighted by Crippen LogP contribution is 2.27. The number of nitrogens with one attached hydrogen (secondary N) is 1. The predicted molar refractivity (Wildman–Crippen MR) is 71.7 cm³/mol. The van der Waals surface area contributed by atoms with E-state index in [1.807, 2.05) is 0 Å². The van der Waals surface area contributed by atoms with Crippen molar-refractivity contribution in [3.63, 3.8) is 0 Å². The van der Waals surface area contributed by atoms with Crippen molar-refractivity contribution < 1.29 is 20.1 Å². The molecule has 1 aromatic rings. The Morgan fingerprint density at radius 2 is 2.05 bits per heavy atom. The van der Waals surface area contributed by atoms with E-state index in [-0.39, 0.29) is 0 Å². The third-order valence-electron chi connectivity index (χ3n) is 3.48. The van der Waals surface area contributed by atoms with Crippen LogP contribution in [0.3, 0.4) is 0 Å². The van der Waals surface area contributed by atoms with E-state index in [9.17, 15) is 19.8 Å². The summed E-state index contributed by atoms with van der Waals surface area (Å²) in [6.07, 6.45) is -2.62. The lowest BCUT2D eigenvalue weighted by Gasteiger charge is -2.17. The lowest BCUT2D eigenvalue weighted by atomic mass is 10.1. The summed E-state index contributed by atoms with van der Waals surface area (Å²) in [5.41, 5.74) is 4.44. The van der Waals surface area contributed by atoms with Gasteiger partial charge in [0, 0.05) is 11.8 Å². The van der Waals surface area contributed by atoms with Gasteiger partial charge in [-0.15, -0.1) is 0 Å². The van der Waals surface area contributed by atoms with Crippen LogP contribution < -0.4 is 17.0 Å². The normalized spacial score (nSPS) is 29.0. The van der Waals surface area contributed by atoms with E-state index in [0.717, 1.165) is 4.57 Å². The summed E-state index contributed by atoms with van der Waals surface area (Å²) < 4.78 is 6.28. The zero-order valence-corrected chi connectivity index (χ0v) is 11.3. The molecule has 0 saturated carbocycles. The van der Waals surface area contributed by atoms with Crippen LogP contribution in [-0.2, 0) is 11.2 Å². The van der Waals surface area contributed by atoms with Crippen LogP contribution in [0.25, 0.3) is 0 Å². The quantitative estimate of drug-likeness (QED) is 0.390. The fourth-order valence-corrected chi connectivity index (χ4v) is 2.30. The zero-order chi connectivity index (χ0) is 15.6. The second-order valence-corrected chi connectivity index (χ2v) is 4.94. The number of nitrogens with zero attached hydrogens (tertiary/aromatic N) is 1. The molecule has 4 atom stereocenters. The van der Waals surface area contributed by atoms with E-state index in [4.69, 9.17) is 15.6 Å². The summed E-state index contributed by atoms with van der Waals surface area (Å²) in [4.78, 5) is 25.7. The van der Waals surface area contributed by atoms with E-state index in [0.29, 0.717) is 24.9 Å². The van der Waals surface area contributed by atoms with Crippen LogP contribution in [0.1, 0.15) is 18.2 Å². The molecule has 6 N–H and O–H groups in total. The number of aliphatic hydroxyl groups excluding tert-OH is 3. The van der Waals surface area contributed by atoms with E-state index in [2.05, 4.69) is 4.98 Å². The molecule has 0 bridgehead atoms. The summed E-state index contributed by atoms with van der Waals surface area (Å²) in [7, 11) is 0. The molecular formula is C12H19N3O6. The van der Waals surface area contributed by atoms with E-state index in [1.165, 1.54) is 6.20 Å². The average Bonchev–Trinajstić information content (AvgIpc) is 2.74. The fourth-order valence-electron chi connectivity index (χ4n) is 2.30. The van der Waals surface area contributed by atoms with Gasteiger partial charge in [-0.1, -0.05) is 0 Å². The molecule has 2 unspecified atom stereocenters. The van der Waals surface area contributed by atoms with Crippen molar-refractivity contribution in [2.45, 2.75) is 37.4 Å². The summed E-state index contributed by atoms with van der Waals surface area (Å²) >= 11 is 0. The Bertz CT molecular complexity index is 597. The van der Waals surface area contributed by atoms with E-state index >= 15 is 0 Å². The number of nitrogens with two attached hydrogens (primary N) is 1. The van der Waals surface area contributed by atoms with Gasteiger partial charge in [-0.2, -0.15) is 0 Å². The van der Waals surface area contributed by atoms with Crippen LogP contribution in [0.4, 0.5) is 0 Å². The minimum atomic E-state index is -1.38. The van der Waals surface area contributed by atoms with Crippen molar-refractivity contribution in [1.82, 2.24) is 9.55 Å². The number of aliphatic hydroxyl groups is 3. The van der Waals surface area contributed by atoms with Gasteiger partial charge in [0.15, 0.2) is 6.23 Å². The molecule has 1 saturated heterocycles. The molecular weight excluding hydrogens is 282 g/mol. The molecule has 1 aliphatic heterocycles. The summed E-state index contributed by atoms with van der Waals surface area (Å²) in [6, 6.07) is 0. The first-order chi connectivity index (χ1) is 9.99. The maximum atomic E-state index is 11.8. The van der Waals surface area contributed by atoms with Gasteiger partial charge >= 0.3 is 5.69 Å². The average molecular weight is 301 g/mol. The summed E-state index contributed by atoms with van der Waals surface area (Å²) in [6.45, 7) is -0.0979. The maximum Gasteiger partial charge on any atom is 0.330 e. The molecule has 1 aromatic heterocycles. The molecule has 9 heteroatoms. The first-order valence-corrected chi connectivity index (χ1v) is 6.66. The van der Waals surface area contributed by atoms with E-state index in [1.54, 1.807) is 0 Å². The Kier molecular flexibility index (Phi) is 4.91. The van der Waals surface area contributed by atoms with Gasteiger partial charge in [-0.3, -0.25) is 14.3 Å². The monoisotopic (exact) mass is 301 g/mol. The Morgan fingerprint density at radius 1 is 1.33 bits per heavy atom. The highest BCUT2D eigenvalue weighted by molar-refractivity contribution is 5.06. The molecule has 9 nitrogen and oxygen atoms in total. The number of aromatic nitrogens is 2. The Labute approximate surface area is 119 Å². The van der Waals surface area contributed by atoms with Crippen molar-refractivity contribution in [1.29, 1.82) is 0 Å². The largest absolute Gasteiger partial charge is 0.394 e. The SMILES string of the molecule is NCCCc1cn([C@H]2O[C@@H](CO)C(O)C2O)c(=O)[nH]c1=O. The van der Waals surface area contributed by atoms with Crippen LogP contribution in [0.15, 0.2) is 15.8 Å². The molecule has 118 valence electrons. The second-order valence-electron chi connectivity index (χ2n) is 4.94. The molecule has 1 fully saturated rings. The van der Waals surface area contributed by atoms with Gasteiger partial charge in [0.25, 0.3) is 5.56 Å². The van der Waals surface area contributed by atoms with Gasteiger partial charge < -0.3 is 25.8 Å². The Hall–Kier alpha value is -1.52. The number of aromatic amines is 1. The van der Waals surface area contributed by atoms with Crippen LogP contribution in [0.5, 0.6) is 0 Å². The molecule has 2 rings (SSSR count). The van der Waals surface area contributed by atoms with Crippen molar-refractivity contribution in [2.24, 2.45) is 5.73 Å². The molecule has 0 aliphatic carbocycles. The van der Waals surface area contributed by atoms with Crippen LogP contribution in [0, 0.1) is 0 Å². The third-order valence-corrected chi connectivity index (χ3v) is 3.48. The molecule has 0 amide bonds. The van der Waals surface area contributed by atoms with Crippen molar-refractivity contribution in [3.05, 3.63) is 32.6 Å². The molecule has 21 heavy (non-hydrogen) atoms. The molecule has 0 aromatic carbocycles. The maximum absolute atomic E-state index is 11.8. The smallest absolute Gasteiger partial charge is 0.330 e. The molecule has 1 aliphatic rings. The summed E-state index contributed by atoms with van der Waals surface area (Å²) in [5.74, 6) is 0. The molecule has 0 spiro atoms. The highest BCUT2D eigenvalue weighted by atomic mass is 16.6. The van der Waals surface area contributed by atoms with Crippen molar-refractivity contribution in [3.8, 4) is 0 Å². The van der Waals surface area contributed by atoms with Crippen LogP contribution in [-0.4, -0.2) is 56.3 Å². The first kappa shape index (κ1) is 15.9. The number of hydrogen-bond donors (Lipinski definition) is 5. The van der Waals surface area contributed by atoms with Gasteiger partial charge in [-0.25, -0.2) is 4.79 Å². The highest BCUT2D eigenvalue weighted by Gasteiger charge is 2.43. The summed E-state index contributed by atoms with van der Waals surface area (Å²) in [5, 5.41) is 28.7. The third kappa shape index (κ3) is 3.06. The second kappa shape index (κ2) is 6.50. The lowest BCUT2D eigenvalue weighted by molar-refractivity contribution is -0.0551. The van der Waals surface area contributed by atoms with Crippen LogP contribution >= 0.6 is 0 Å². The van der Waals surface area contributed by atoms with E-state index < -0.39 is 42.4 Å². The van der Waals surface area contributed by atoms with Gasteiger partial charge in [0.1, 0.15) is 18.3 Å². The first-order valence-electron chi connectivity index (χ1n) is 6.66. The molecule has 0 radical (unpaired) electrons. The number of hydrogen-bond acceptors (Lipinski definition) is 7. The number of aryl methyl sites for hydroxylation is 1. The van der Waals surface area contributed by atoms with Gasteiger partial charge in [0.05, 0.1) is 6.61 Å². The van der Waals surface area contributed by atoms with Crippen molar-refractivity contribution in [2.75, 3.05) is 13.2 Å². The zero-order valence-electron chi connectivity index (χ0n) is 11.3. The minimum absolute atomic E-state index is 0.331. The van der Waals surface area contributed by atoms with Crippen LogP contribution in [0.2, 0.25) is 0 Å². The fraction of sp³-hybridized carbons (Fsp3) is 0.667. The number of ether oxygens (including phenoxy) is 1. The van der Waals surface area contributed by atoms with Gasteiger partial charge in [0.2, 0.25) is 0 Å². The standard InChI is InChI=1S/C12H19N3O6/c13-3-1-2-6-4-15(12(20)14-10(6)19)11-9(18)8(17)7(5-16)21-11/h4,7-9,11,16-18H,1-3,5,13H2,(H,14,19,20)/t7-,8?,9?,11-/m0/s1. The lowest BCUT2D eigenvalue weighted by Crippen LogP contribution is -2.39.